The molecule has 0 amide bonds. The molecular weight excluding hydrogens is 278 g/mol. The maximum Gasteiger partial charge on any atom is 0.0880 e. The molecule has 2 aliphatic rings. The van der Waals surface area contributed by atoms with E-state index in [0.29, 0.717) is 19.8 Å². The van der Waals surface area contributed by atoms with Gasteiger partial charge in [0, 0.05) is 26.7 Å². The molecule has 0 spiro atoms. The third-order valence-corrected chi connectivity index (χ3v) is 3.63. The fourth-order valence-electron chi connectivity index (χ4n) is 2.46. The van der Waals surface area contributed by atoms with Crippen LogP contribution in [0.4, 0.5) is 0 Å². The molecule has 0 saturated heterocycles. The van der Waals surface area contributed by atoms with E-state index in [-0.39, 0.29) is 6.10 Å². The molecule has 0 aromatic carbocycles. The van der Waals surface area contributed by atoms with Crippen LogP contribution in [0.5, 0.6) is 0 Å². The average molecular weight is 305 g/mol. The number of aliphatic imine (C=N–C) groups is 1. The minimum absolute atomic E-state index is 0.127. The molecule has 2 heterocycles. The van der Waals surface area contributed by atoms with Gasteiger partial charge in [-0.05, 0) is 18.9 Å². The molecule has 0 radical (unpaired) electrons. The Labute approximate surface area is 133 Å². The van der Waals surface area contributed by atoms with Crippen LogP contribution in [-0.2, 0) is 9.47 Å². The van der Waals surface area contributed by atoms with Gasteiger partial charge in [0.1, 0.15) is 0 Å². The molecule has 22 heavy (non-hydrogen) atoms. The van der Waals surface area contributed by atoms with Gasteiger partial charge in [0.05, 0.1) is 38.0 Å². The van der Waals surface area contributed by atoms with Crippen molar-refractivity contribution in [2.75, 3.05) is 46.5 Å². The van der Waals surface area contributed by atoms with Gasteiger partial charge in [-0.15, -0.1) is 0 Å². The molecule has 2 rings (SSSR count). The molecule has 0 bridgehead atoms. The van der Waals surface area contributed by atoms with Gasteiger partial charge in [-0.25, -0.2) is 4.99 Å². The van der Waals surface area contributed by atoms with E-state index in [9.17, 15) is 0 Å². The monoisotopic (exact) mass is 305 g/mol. The third-order valence-electron chi connectivity index (χ3n) is 3.63. The highest BCUT2D eigenvalue weighted by molar-refractivity contribution is 5.55. The second-order valence-corrected chi connectivity index (χ2v) is 5.53. The van der Waals surface area contributed by atoms with Crippen molar-refractivity contribution in [1.82, 2.24) is 10.2 Å². The Morgan fingerprint density at radius 2 is 2.32 bits per heavy atom. The van der Waals surface area contributed by atoms with Crippen molar-refractivity contribution >= 4 is 6.34 Å². The van der Waals surface area contributed by atoms with E-state index >= 15 is 0 Å². The predicted molar refractivity (Wildman–Crippen MR) is 90.1 cm³/mol. The van der Waals surface area contributed by atoms with E-state index in [0.717, 1.165) is 31.8 Å². The first-order chi connectivity index (χ1) is 10.8. The molecule has 2 aliphatic heterocycles. The number of hydrogen-bond acceptors (Lipinski definition) is 4. The minimum Gasteiger partial charge on any atom is -0.379 e. The van der Waals surface area contributed by atoms with Crippen LogP contribution in [0.2, 0.25) is 0 Å². The van der Waals surface area contributed by atoms with E-state index in [1.807, 2.05) is 7.05 Å². The summed E-state index contributed by atoms with van der Waals surface area (Å²) in [5, 5.41) is 2.94. The lowest BCUT2D eigenvalue weighted by Crippen LogP contribution is -2.31. The molecule has 5 heteroatoms. The molecule has 0 aromatic heterocycles. The van der Waals surface area contributed by atoms with Crippen molar-refractivity contribution < 1.29 is 9.47 Å². The van der Waals surface area contributed by atoms with Gasteiger partial charge in [0.25, 0.3) is 0 Å². The average Bonchev–Trinajstić information content (AvgIpc) is 2.54. The van der Waals surface area contributed by atoms with Crippen molar-refractivity contribution in [3.63, 3.8) is 0 Å². The maximum atomic E-state index is 5.63. The van der Waals surface area contributed by atoms with E-state index < -0.39 is 0 Å². The summed E-state index contributed by atoms with van der Waals surface area (Å²) in [7, 11) is 1.86. The Kier molecular flexibility index (Phi) is 7.36. The summed E-state index contributed by atoms with van der Waals surface area (Å²) in [6.45, 7) is 6.87. The molecule has 0 saturated carbocycles. The first-order valence-electron chi connectivity index (χ1n) is 7.95. The summed E-state index contributed by atoms with van der Waals surface area (Å²) in [6, 6.07) is 0. The summed E-state index contributed by atoms with van der Waals surface area (Å²) < 4.78 is 11.2. The summed E-state index contributed by atoms with van der Waals surface area (Å²) in [4.78, 5) is 6.83. The Morgan fingerprint density at radius 3 is 3.18 bits per heavy atom. The molecule has 1 unspecified atom stereocenters. The highest BCUT2D eigenvalue weighted by Gasteiger charge is 2.13. The van der Waals surface area contributed by atoms with E-state index in [2.05, 4.69) is 46.4 Å². The maximum absolute atomic E-state index is 5.63. The second kappa shape index (κ2) is 9.56. The zero-order chi connectivity index (χ0) is 15.6. The van der Waals surface area contributed by atoms with Crippen LogP contribution in [0.25, 0.3) is 0 Å². The molecule has 1 atom stereocenters. The Balaban J connectivity index is 1.94. The molecule has 0 aliphatic carbocycles. The fraction of sp³-hybridized carbons (Fsp3) is 0.588. The number of nitrogens with zero attached hydrogens (tertiary/aromatic N) is 2. The third kappa shape index (κ3) is 6.13. The highest BCUT2D eigenvalue weighted by atomic mass is 16.5. The van der Waals surface area contributed by atoms with Crippen molar-refractivity contribution in [3.05, 3.63) is 35.6 Å². The number of nitrogens with one attached hydrogen (secondary N) is 1. The van der Waals surface area contributed by atoms with Crippen LogP contribution in [0.15, 0.2) is 40.6 Å². The lowest BCUT2D eigenvalue weighted by Gasteiger charge is -2.26. The smallest absolute Gasteiger partial charge is 0.0880 e. The van der Waals surface area contributed by atoms with Gasteiger partial charge >= 0.3 is 0 Å². The Bertz CT molecular complexity index is 455. The second-order valence-electron chi connectivity index (χ2n) is 5.53. The van der Waals surface area contributed by atoms with Gasteiger partial charge in [0.2, 0.25) is 0 Å². The zero-order valence-electron chi connectivity index (χ0n) is 13.6. The van der Waals surface area contributed by atoms with Crippen molar-refractivity contribution in [2.45, 2.75) is 19.4 Å². The summed E-state index contributed by atoms with van der Waals surface area (Å²) in [6.07, 6.45) is 11.6. The van der Waals surface area contributed by atoms with Gasteiger partial charge in [-0.1, -0.05) is 24.3 Å². The largest absolute Gasteiger partial charge is 0.379 e. The minimum atomic E-state index is 0.127. The van der Waals surface area contributed by atoms with Crippen LogP contribution < -0.4 is 5.32 Å². The van der Waals surface area contributed by atoms with Gasteiger partial charge in [-0.3, -0.25) is 4.90 Å². The molecule has 0 aromatic rings. The quantitative estimate of drug-likeness (QED) is 0.635. The van der Waals surface area contributed by atoms with Crippen molar-refractivity contribution in [1.29, 1.82) is 0 Å². The Hall–Kier alpha value is -1.43. The Morgan fingerprint density at radius 1 is 1.41 bits per heavy atom. The molecule has 122 valence electrons. The molecule has 5 nitrogen and oxygen atoms in total. The van der Waals surface area contributed by atoms with E-state index in [4.69, 9.17) is 9.47 Å². The van der Waals surface area contributed by atoms with E-state index in [1.54, 1.807) is 6.34 Å². The summed E-state index contributed by atoms with van der Waals surface area (Å²) >= 11 is 0. The van der Waals surface area contributed by atoms with Crippen LogP contribution >= 0.6 is 0 Å². The highest BCUT2D eigenvalue weighted by Crippen LogP contribution is 2.13. The standard InChI is InChI=1S/C17H27N3O2/c1-15-5-6-16(7-9-21-10-11-22-15)12-20-8-3-4-17(13-20)19-14-18-2/h4-7,14-15H,3,8-13H2,1-2H3,(H,18,19)/b6-5-,16-7+. The van der Waals surface area contributed by atoms with Crippen molar-refractivity contribution in [3.8, 4) is 0 Å². The number of hydrogen-bond donors (Lipinski definition) is 1. The van der Waals surface area contributed by atoms with Crippen molar-refractivity contribution in [2.24, 2.45) is 4.99 Å². The lowest BCUT2D eigenvalue weighted by molar-refractivity contribution is 0.0371. The summed E-state index contributed by atoms with van der Waals surface area (Å²) in [5.41, 5.74) is 2.40. The molecule has 0 fully saturated rings. The van der Waals surface area contributed by atoms with Gasteiger partial charge in [0.15, 0.2) is 0 Å². The zero-order valence-corrected chi connectivity index (χ0v) is 13.6. The van der Waals surface area contributed by atoms with Crippen LogP contribution in [0.1, 0.15) is 13.3 Å². The predicted octanol–water partition coefficient (Wildman–Crippen LogP) is 1.74. The first-order valence-corrected chi connectivity index (χ1v) is 7.95. The number of rotatable bonds is 4. The molecule has 1 N–H and O–H groups in total. The normalized spacial score (nSPS) is 28.7. The van der Waals surface area contributed by atoms with Crippen LogP contribution in [0.3, 0.4) is 0 Å². The van der Waals surface area contributed by atoms with Crippen LogP contribution in [-0.4, -0.2) is 63.8 Å². The van der Waals surface area contributed by atoms with Crippen LogP contribution in [0, 0.1) is 0 Å². The fourth-order valence-corrected chi connectivity index (χ4v) is 2.46. The molecular formula is C17H27N3O2. The topological polar surface area (TPSA) is 46.1 Å². The van der Waals surface area contributed by atoms with Gasteiger partial charge < -0.3 is 14.8 Å². The van der Waals surface area contributed by atoms with Gasteiger partial charge in [-0.2, -0.15) is 0 Å². The first kappa shape index (κ1) is 16.9. The number of ether oxygens (including phenoxy) is 2. The summed E-state index contributed by atoms with van der Waals surface area (Å²) in [5.74, 6) is 0. The lowest BCUT2D eigenvalue weighted by atomic mass is 10.1. The SMILES string of the molecule is CN/C=N\C1=CCCN(CC2=C/COCCOC(C)/C=C\2)C1. The van der Waals surface area contributed by atoms with E-state index in [1.165, 1.54) is 5.57 Å².